The van der Waals surface area contributed by atoms with E-state index in [1.165, 1.54) is 30.1 Å². The van der Waals surface area contributed by atoms with Gasteiger partial charge in [0.1, 0.15) is 0 Å². The van der Waals surface area contributed by atoms with E-state index in [9.17, 15) is 14.4 Å². The number of aromatic nitrogens is 1. The lowest BCUT2D eigenvalue weighted by atomic mass is 10.1. The first-order chi connectivity index (χ1) is 12.1. The Kier molecular flexibility index (Phi) is 4.65. The number of methoxy groups -OCH3 is 1. The number of furan rings is 1. The number of pyridine rings is 1. The van der Waals surface area contributed by atoms with Crippen LogP contribution in [0.15, 0.2) is 58.1 Å². The molecule has 0 aliphatic rings. The maximum atomic E-state index is 12.2. The fourth-order valence-corrected chi connectivity index (χ4v) is 2.44. The van der Waals surface area contributed by atoms with Crippen LogP contribution in [0.25, 0.3) is 11.0 Å². The first-order valence-corrected chi connectivity index (χ1v) is 7.63. The van der Waals surface area contributed by atoms with E-state index in [0.717, 1.165) is 5.39 Å². The van der Waals surface area contributed by atoms with E-state index < -0.39 is 5.97 Å². The van der Waals surface area contributed by atoms with E-state index in [4.69, 9.17) is 4.42 Å². The largest absolute Gasteiger partial charge is 0.465 e. The number of fused-ring (bicyclic) bond motifs is 1. The predicted octanol–water partition coefficient (Wildman–Crippen LogP) is 1.81. The second kappa shape index (κ2) is 7.04. The summed E-state index contributed by atoms with van der Waals surface area (Å²) in [5, 5.41) is 3.48. The highest BCUT2D eigenvalue weighted by atomic mass is 16.5. The number of esters is 1. The second-order valence-corrected chi connectivity index (χ2v) is 5.34. The van der Waals surface area contributed by atoms with Gasteiger partial charge in [-0.05, 0) is 36.4 Å². The van der Waals surface area contributed by atoms with Crippen molar-refractivity contribution in [3.63, 3.8) is 0 Å². The van der Waals surface area contributed by atoms with Crippen LogP contribution in [0.4, 0.5) is 0 Å². The number of hydrogen-bond acceptors (Lipinski definition) is 5. The van der Waals surface area contributed by atoms with Gasteiger partial charge in [-0.25, -0.2) is 4.79 Å². The lowest BCUT2D eigenvalue weighted by Crippen LogP contribution is -2.30. The topological polar surface area (TPSA) is 90.5 Å². The molecule has 2 aromatic heterocycles. The molecule has 0 bridgehead atoms. The third kappa shape index (κ3) is 3.45. The molecule has 3 aromatic rings. The quantitative estimate of drug-likeness (QED) is 0.715. The van der Waals surface area contributed by atoms with Crippen molar-refractivity contribution in [2.75, 3.05) is 13.7 Å². The van der Waals surface area contributed by atoms with Gasteiger partial charge in [0.2, 0.25) is 0 Å². The van der Waals surface area contributed by atoms with Crippen molar-refractivity contribution in [2.45, 2.75) is 6.54 Å². The summed E-state index contributed by atoms with van der Waals surface area (Å²) in [7, 11) is 1.30. The van der Waals surface area contributed by atoms with E-state index in [-0.39, 0.29) is 18.0 Å². The summed E-state index contributed by atoms with van der Waals surface area (Å²) in [5.41, 5.74) is 0.852. The molecule has 25 heavy (non-hydrogen) atoms. The second-order valence-electron chi connectivity index (χ2n) is 5.34. The molecule has 3 rings (SSSR count). The lowest BCUT2D eigenvalue weighted by Gasteiger charge is -2.08. The molecule has 0 spiro atoms. The van der Waals surface area contributed by atoms with Crippen LogP contribution in [-0.2, 0) is 11.3 Å². The number of rotatable bonds is 5. The average Bonchev–Trinajstić information content (AvgIpc) is 3.12. The summed E-state index contributed by atoms with van der Waals surface area (Å²) in [4.78, 5) is 35.7. The van der Waals surface area contributed by atoms with Crippen LogP contribution in [-0.4, -0.2) is 30.1 Å². The molecule has 128 valence electrons. The fourth-order valence-electron chi connectivity index (χ4n) is 2.44. The van der Waals surface area contributed by atoms with Crippen molar-refractivity contribution < 1.29 is 18.7 Å². The third-order valence-corrected chi connectivity index (χ3v) is 3.79. The zero-order chi connectivity index (χ0) is 17.8. The molecule has 0 aliphatic carbocycles. The maximum absolute atomic E-state index is 12.2. The van der Waals surface area contributed by atoms with Crippen molar-refractivity contribution >= 4 is 22.8 Å². The molecular weight excluding hydrogens is 324 g/mol. The average molecular weight is 340 g/mol. The third-order valence-electron chi connectivity index (χ3n) is 3.79. The van der Waals surface area contributed by atoms with E-state index in [2.05, 4.69) is 10.1 Å². The molecule has 0 saturated heterocycles. The molecule has 0 radical (unpaired) electrons. The summed E-state index contributed by atoms with van der Waals surface area (Å²) in [6.07, 6.45) is 3.13. The molecular formula is C18H16N2O5. The zero-order valence-corrected chi connectivity index (χ0v) is 13.5. The van der Waals surface area contributed by atoms with Crippen molar-refractivity contribution in [1.29, 1.82) is 0 Å². The minimum atomic E-state index is -0.459. The summed E-state index contributed by atoms with van der Waals surface area (Å²) in [6.45, 7) is 0.602. The first kappa shape index (κ1) is 16.5. The summed E-state index contributed by atoms with van der Waals surface area (Å²) in [5.74, 6) is -0.747. The molecule has 1 N–H and O–H groups in total. The highest BCUT2D eigenvalue weighted by molar-refractivity contribution is 5.96. The number of carbonyl (C=O) groups excluding carboxylic acids is 2. The Bertz CT molecular complexity index is 969. The van der Waals surface area contributed by atoms with Gasteiger partial charge in [-0.3, -0.25) is 9.59 Å². The standard InChI is InChI=1S/C18H16N2O5/c1-24-18(23)14-4-2-13(3-5-14)16(21)19-8-10-20-9-6-12-7-11-25-15(12)17(20)22/h2-7,9,11H,8,10H2,1H3,(H,19,21). The number of benzene rings is 1. The number of carbonyl (C=O) groups is 2. The van der Waals surface area contributed by atoms with Gasteiger partial charge in [0.05, 0.1) is 18.9 Å². The van der Waals surface area contributed by atoms with Crippen molar-refractivity contribution in [3.05, 3.63) is 70.3 Å². The Hall–Kier alpha value is -3.35. The number of hydrogen-bond donors (Lipinski definition) is 1. The Morgan fingerprint density at radius 1 is 1.12 bits per heavy atom. The number of ether oxygens (including phenoxy) is 1. The molecule has 1 aromatic carbocycles. The SMILES string of the molecule is COC(=O)c1ccc(C(=O)NCCn2ccc3ccoc3c2=O)cc1. The monoisotopic (exact) mass is 340 g/mol. The van der Waals surface area contributed by atoms with Crippen LogP contribution in [0.3, 0.4) is 0 Å². The summed E-state index contributed by atoms with van der Waals surface area (Å²) < 4.78 is 11.3. The molecule has 0 aliphatic heterocycles. The van der Waals surface area contributed by atoms with E-state index in [1.807, 2.05) is 0 Å². The summed E-state index contributed by atoms with van der Waals surface area (Å²) >= 11 is 0. The van der Waals surface area contributed by atoms with E-state index in [1.54, 1.807) is 30.5 Å². The lowest BCUT2D eigenvalue weighted by molar-refractivity contribution is 0.0600. The van der Waals surface area contributed by atoms with Crippen LogP contribution >= 0.6 is 0 Å². The Morgan fingerprint density at radius 3 is 2.56 bits per heavy atom. The fraction of sp³-hybridized carbons (Fsp3) is 0.167. The zero-order valence-electron chi connectivity index (χ0n) is 13.5. The molecule has 0 unspecified atom stereocenters. The van der Waals surface area contributed by atoms with Crippen LogP contribution in [0.2, 0.25) is 0 Å². The number of nitrogens with one attached hydrogen (secondary N) is 1. The summed E-state index contributed by atoms with van der Waals surface area (Å²) in [6, 6.07) is 9.64. The highest BCUT2D eigenvalue weighted by Crippen LogP contribution is 2.09. The van der Waals surface area contributed by atoms with Crippen LogP contribution in [0.5, 0.6) is 0 Å². The molecule has 7 nitrogen and oxygen atoms in total. The van der Waals surface area contributed by atoms with E-state index >= 15 is 0 Å². The van der Waals surface area contributed by atoms with Crippen LogP contribution in [0.1, 0.15) is 20.7 Å². The minimum absolute atomic E-state index is 0.237. The minimum Gasteiger partial charge on any atom is -0.465 e. The van der Waals surface area contributed by atoms with Crippen molar-refractivity contribution in [3.8, 4) is 0 Å². The molecule has 7 heteroatoms. The van der Waals surface area contributed by atoms with Gasteiger partial charge in [0.15, 0.2) is 5.58 Å². The molecule has 1 amide bonds. The van der Waals surface area contributed by atoms with Gasteiger partial charge < -0.3 is 19.0 Å². The van der Waals surface area contributed by atoms with Gasteiger partial charge >= 0.3 is 5.97 Å². The molecule has 0 saturated carbocycles. The first-order valence-electron chi connectivity index (χ1n) is 7.63. The van der Waals surface area contributed by atoms with Crippen LogP contribution in [0, 0.1) is 0 Å². The molecule has 0 fully saturated rings. The number of nitrogens with zero attached hydrogens (tertiary/aromatic N) is 1. The van der Waals surface area contributed by atoms with Crippen LogP contribution < -0.4 is 10.9 Å². The van der Waals surface area contributed by atoms with Crippen molar-refractivity contribution in [1.82, 2.24) is 9.88 Å². The van der Waals surface area contributed by atoms with Gasteiger partial charge in [-0.2, -0.15) is 0 Å². The maximum Gasteiger partial charge on any atom is 0.337 e. The van der Waals surface area contributed by atoms with Gasteiger partial charge in [0, 0.05) is 30.2 Å². The molecule has 2 heterocycles. The number of amides is 1. The molecule has 0 atom stereocenters. The normalized spacial score (nSPS) is 10.6. The van der Waals surface area contributed by atoms with Gasteiger partial charge in [-0.1, -0.05) is 0 Å². The highest BCUT2D eigenvalue weighted by Gasteiger charge is 2.09. The van der Waals surface area contributed by atoms with Gasteiger partial charge in [0.25, 0.3) is 11.5 Å². The van der Waals surface area contributed by atoms with E-state index in [0.29, 0.717) is 23.3 Å². The Morgan fingerprint density at radius 2 is 1.84 bits per heavy atom. The van der Waals surface area contributed by atoms with Gasteiger partial charge in [-0.15, -0.1) is 0 Å². The Labute approximate surface area is 142 Å². The smallest absolute Gasteiger partial charge is 0.337 e. The Balaban J connectivity index is 1.61. The van der Waals surface area contributed by atoms with Crippen molar-refractivity contribution in [2.24, 2.45) is 0 Å². The predicted molar refractivity (Wildman–Crippen MR) is 90.6 cm³/mol.